The van der Waals surface area contributed by atoms with Crippen LogP contribution < -0.4 is 9.88 Å². The third-order valence-corrected chi connectivity index (χ3v) is 4.14. The molecule has 0 saturated heterocycles. The van der Waals surface area contributed by atoms with Crippen LogP contribution in [0.1, 0.15) is 12.7 Å². The quantitative estimate of drug-likeness (QED) is 0.882. The minimum absolute atomic E-state index is 0.0542. The van der Waals surface area contributed by atoms with Crippen molar-refractivity contribution in [3.63, 3.8) is 0 Å². The second-order valence-electron chi connectivity index (χ2n) is 4.05. The first-order chi connectivity index (χ1) is 9.41. The van der Waals surface area contributed by atoms with Crippen LogP contribution in [0.15, 0.2) is 40.0 Å². The number of sulfonamides is 1. The first-order valence-corrected chi connectivity index (χ1v) is 8.21. The first-order valence-electron chi connectivity index (χ1n) is 5.87. The Morgan fingerprint density at radius 2 is 2.20 bits per heavy atom. The molecule has 0 atom stereocenters. The van der Waals surface area contributed by atoms with E-state index in [1.165, 1.54) is 6.07 Å². The van der Waals surface area contributed by atoms with Gasteiger partial charge in [-0.05, 0) is 25.1 Å². The van der Waals surface area contributed by atoms with Gasteiger partial charge in [0.15, 0.2) is 0 Å². The minimum atomic E-state index is -3.84. The number of halogens is 1. The van der Waals surface area contributed by atoms with Crippen LogP contribution in [0.2, 0.25) is 0 Å². The fourth-order valence-corrected chi connectivity index (χ4v) is 2.95. The van der Waals surface area contributed by atoms with Gasteiger partial charge in [-0.25, -0.2) is 18.5 Å². The van der Waals surface area contributed by atoms with Gasteiger partial charge in [-0.1, -0.05) is 15.9 Å². The summed E-state index contributed by atoms with van der Waals surface area (Å²) in [4.78, 5) is 4.11. The van der Waals surface area contributed by atoms with Gasteiger partial charge in [0.2, 0.25) is 10.0 Å². The lowest BCUT2D eigenvalue weighted by molar-refractivity contribution is 0.282. The normalized spacial score (nSPS) is 11.6. The Kier molecular flexibility index (Phi) is 4.46. The molecule has 8 heteroatoms. The lowest BCUT2D eigenvalue weighted by Gasteiger charge is -2.11. The van der Waals surface area contributed by atoms with Crippen LogP contribution in [0.4, 0.5) is 0 Å². The zero-order valence-electron chi connectivity index (χ0n) is 10.8. The number of aryl methyl sites for hydroxylation is 1. The average molecular weight is 360 g/mol. The smallest absolute Gasteiger partial charge is 0.241 e. The largest absolute Gasteiger partial charge is 0.484 e. The molecule has 0 fully saturated rings. The number of primary sulfonamides is 1. The van der Waals surface area contributed by atoms with E-state index in [-0.39, 0.29) is 17.3 Å². The van der Waals surface area contributed by atoms with Crippen molar-refractivity contribution in [3.8, 4) is 5.75 Å². The molecular weight excluding hydrogens is 346 g/mol. The summed E-state index contributed by atoms with van der Waals surface area (Å²) in [5, 5.41) is 5.18. The molecule has 0 amide bonds. The Balaban J connectivity index is 2.26. The lowest BCUT2D eigenvalue weighted by atomic mass is 10.3. The number of hydrogen-bond acceptors (Lipinski definition) is 4. The second-order valence-corrected chi connectivity index (χ2v) is 6.50. The Morgan fingerprint density at radius 1 is 1.45 bits per heavy atom. The molecule has 0 saturated carbocycles. The number of aromatic nitrogens is 2. The number of hydrogen-bond donors (Lipinski definition) is 1. The zero-order chi connectivity index (χ0) is 14.8. The van der Waals surface area contributed by atoms with E-state index in [1.807, 2.05) is 17.7 Å². The number of benzene rings is 1. The molecule has 20 heavy (non-hydrogen) atoms. The lowest BCUT2D eigenvalue weighted by Crippen LogP contribution is -2.14. The predicted octanol–water partition coefficient (Wildman–Crippen LogP) is 1.89. The number of rotatable bonds is 5. The van der Waals surface area contributed by atoms with Crippen molar-refractivity contribution in [2.45, 2.75) is 25.0 Å². The summed E-state index contributed by atoms with van der Waals surface area (Å²) in [5.41, 5.74) is 0. The van der Waals surface area contributed by atoms with E-state index in [1.54, 1.807) is 18.3 Å². The highest BCUT2D eigenvalue weighted by molar-refractivity contribution is 9.10. The summed E-state index contributed by atoms with van der Waals surface area (Å²) >= 11 is 3.21. The Hall–Kier alpha value is -1.38. The van der Waals surface area contributed by atoms with Crippen molar-refractivity contribution in [3.05, 3.63) is 40.9 Å². The fraction of sp³-hybridized carbons (Fsp3) is 0.250. The maximum absolute atomic E-state index is 11.5. The summed E-state index contributed by atoms with van der Waals surface area (Å²) in [5.74, 6) is 0.928. The maximum atomic E-state index is 11.5. The molecule has 0 spiro atoms. The number of nitrogens with two attached hydrogens (primary N) is 1. The van der Waals surface area contributed by atoms with E-state index >= 15 is 0 Å². The van der Waals surface area contributed by atoms with Gasteiger partial charge in [-0.3, -0.25) is 0 Å². The van der Waals surface area contributed by atoms with Gasteiger partial charge in [0.1, 0.15) is 23.1 Å². The number of nitrogens with zero attached hydrogens (tertiary/aromatic N) is 2. The van der Waals surface area contributed by atoms with Crippen LogP contribution in [0.25, 0.3) is 0 Å². The fourth-order valence-electron chi connectivity index (χ4n) is 1.73. The first kappa shape index (κ1) is 15.0. The topological polar surface area (TPSA) is 87.2 Å². The minimum Gasteiger partial charge on any atom is -0.484 e. The Labute approximate surface area is 125 Å². The molecule has 108 valence electrons. The van der Waals surface area contributed by atoms with Gasteiger partial charge in [0, 0.05) is 23.4 Å². The molecule has 2 N–H and O–H groups in total. The van der Waals surface area contributed by atoms with Crippen molar-refractivity contribution in [2.24, 2.45) is 5.14 Å². The molecule has 0 bridgehead atoms. The van der Waals surface area contributed by atoms with E-state index in [4.69, 9.17) is 9.88 Å². The van der Waals surface area contributed by atoms with Crippen molar-refractivity contribution >= 4 is 26.0 Å². The molecule has 2 aromatic rings. The van der Waals surface area contributed by atoms with Crippen molar-refractivity contribution in [2.75, 3.05) is 0 Å². The molecule has 6 nitrogen and oxygen atoms in total. The Bertz CT molecular complexity index is 712. The van der Waals surface area contributed by atoms with Crippen LogP contribution in [-0.4, -0.2) is 18.0 Å². The monoisotopic (exact) mass is 359 g/mol. The summed E-state index contributed by atoms with van der Waals surface area (Å²) in [6.07, 6.45) is 3.51. The molecule has 0 aliphatic heterocycles. The third-order valence-electron chi connectivity index (χ3n) is 2.71. The maximum Gasteiger partial charge on any atom is 0.241 e. The van der Waals surface area contributed by atoms with Crippen molar-refractivity contribution < 1.29 is 13.2 Å². The molecule has 1 aromatic heterocycles. The molecule has 2 rings (SSSR count). The molecule has 1 heterocycles. The highest BCUT2D eigenvalue weighted by atomic mass is 79.9. The van der Waals surface area contributed by atoms with Crippen molar-refractivity contribution in [1.29, 1.82) is 0 Å². The number of ether oxygens (including phenoxy) is 1. The predicted molar refractivity (Wildman–Crippen MR) is 77.7 cm³/mol. The van der Waals surface area contributed by atoms with Crippen LogP contribution in [0.5, 0.6) is 5.75 Å². The van der Waals surface area contributed by atoms with Crippen LogP contribution in [0.3, 0.4) is 0 Å². The summed E-state index contributed by atoms with van der Waals surface area (Å²) < 4.78 is 31.2. The molecule has 1 aromatic carbocycles. The van der Waals surface area contributed by atoms with Crippen LogP contribution in [-0.2, 0) is 23.2 Å². The van der Waals surface area contributed by atoms with E-state index in [0.717, 1.165) is 12.4 Å². The second kappa shape index (κ2) is 5.94. The Morgan fingerprint density at radius 3 is 2.85 bits per heavy atom. The number of imidazole rings is 1. The van der Waals surface area contributed by atoms with E-state index < -0.39 is 10.0 Å². The van der Waals surface area contributed by atoms with Gasteiger partial charge in [-0.15, -0.1) is 0 Å². The van der Waals surface area contributed by atoms with Gasteiger partial charge < -0.3 is 9.30 Å². The van der Waals surface area contributed by atoms with Gasteiger partial charge in [-0.2, -0.15) is 0 Å². The average Bonchev–Trinajstić information content (AvgIpc) is 2.83. The zero-order valence-corrected chi connectivity index (χ0v) is 13.2. The highest BCUT2D eigenvalue weighted by Crippen LogP contribution is 2.27. The van der Waals surface area contributed by atoms with E-state index in [9.17, 15) is 8.42 Å². The molecule has 0 aliphatic carbocycles. The summed E-state index contributed by atoms with van der Waals surface area (Å²) in [6, 6.07) is 4.66. The van der Waals surface area contributed by atoms with Gasteiger partial charge in [0.05, 0.1) is 0 Å². The standard InChI is InChI=1S/C12H14BrN3O3S/c1-2-16-6-5-15-12(16)8-19-10-4-3-9(13)7-11(10)20(14,17)18/h3-7H,2,8H2,1H3,(H2,14,17,18). The molecular formula is C12H14BrN3O3S. The van der Waals surface area contributed by atoms with Crippen molar-refractivity contribution in [1.82, 2.24) is 9.55 Å². The molecule has 0 aliphatic rings. The van der Waals surface area contributed by atoms with Crippen LogP contribution in [0, 0.1) is 0 Å². The van der Waals surface area contributed by atoms with Gasteiger partial charge >= 0.3 is 0 Å². The van der Waals surface area contributed by atoms with E-state index in [0.29, 0.717) is 4.47 Å². The SMILES string of the molecule is CCn1ccnc1COc1ccc(Br)cc1S(N)(=O)=O. The van der Waals surface area contributed by atoms with Crippen LogP contribution >= 0.6 is 15.9 Å². The third kappa shape index (κ3) is 3.38. The molecule has 0 radical (unpaired) electrons. The van der Waals surface area contributed by atoms with E-state index in [2.05, 4.69) is 20.9 Å². The molecule has 0 unspecified atom stereocenters. The highest BCUT2D eigenvalue weighted by Gasteiger charge is 2.16. The summed E-state index contributed by atoms with van der Waals surface area (Å²) in [7, 11) is -3.84. The van der Waals surface area contributed by atoms with Gasteiger partial charge in [0.25, 0.3) is 0 Å². The summed E-state index contributed by atoms with van der Waals surface area (Å²) in [6.45, 7) is 2.92.